The molecule has 0 aliphatic rings. The Morgan fingerprint density at radius 2 is 1.89 bits per heavy atom. The highest BCUT2D eigenvalue weighted by molar-refractivity contribution is 7.90. The van der Waals surface area contributed by atoms with Gasteiger partial charge in [0.1, 0.15) is 28.0 Å². The Morgan fingerprint density at radius 3 is 2.61 bits per heavy atom. The van der Waals surface area contributed by atoms with Gasteiger partial charge < -0.3 is 4.74 Å². The average Bonchev–Trinajstić information content (AvgIpc) is 3.13. The molecule has 7 nitrogen and oxygen atoms in total. The van der Waals surface area contributed by atoms with Crippen LogP contribution in [0.25, 0.3) is 5.69 Å². The zero-order valence-electron chi connectivity index (χ0n) is 14.8. The lowest BCUT2D eigenvalue weighted by atomic mass is 10.2. The van der Waals surface area contributed by atoms with E-state index in [2.05, 4.69) is 5.10 Å². The van der Waals surface area contributed by atoms with Crippen LogP contribution in [0, 0.1) is 18.6 Å². The highest BCUT2D eigenvalue weighted by atomic mass is 32.2. The first-order chi connectivity index (χ1) is 13.2. The molecule has 1 N–H and O–H groups in total. The number of carbonyl (C=O) groups excluding carboxylic acids is 1. The second-order valence-electron chi connectivity index (χ2n) is 5.83. The van der Waals surface area contributed by atoms with Crippen molar-refractivity contribution in [3.63, 3.8) is 0 Å². The summed E-state index contributed by atoms with van der Waals surface area (Å²) < 4.78 is 59.7. The largest absolute Gasteiger partial charge is 0.494 e. The monoisotopic (exact) mass is 407 g/mol. The summed E-state index contributed by atoms with van der Waals surface area (Å²) in [6, 6.07) is 8.53. The second-order valence-corrected chi connectivity index (χ2v) is 7.48. The van der Waals surface area contributed by atoms with Gasteiger partial charge in [0, 0.05) is 6.20 Å². The molecular weight excluding hydrogens is 392 g/mol. The Morgan fingerprint density at radius 1 is 1.14 bits per heavy atom. The predicted octanol–water partition coefficient (Wildman–Crippen LogP) is 2.59. The van der Waals surface area contributed by atoms with E-state index in [4.69, 9.17) is 4.74 Å². The maximum Gasteiger partial charge on any atom is 0.285 e. The molecule has 1 amide bonds. The summed E-state index contributed by atoms with van der Waals surface area (Å²) in [7, 11) is -3.15. The topological polar surface area (TPSA) is 90.3 Å². The van der Waals surface area contributed by atoms with Crippen LogP contribution in [-0.4, -0.2) is 31.2 Å². The van der Waals surface area contributed by atoms with Crippen LogP contribution in [0.4, 0.5) is 8.78 Å². The fraction of sp³-hybridized carbons (Fsp3) is 0.111. The number of ether oxygens (including phenoxy) is 1. The van der Waals surface area contributed by atoms with Crippen molar-refractivity contribution in [1.82, 2.24) is 14.5 Å². The lowest BCUT2D eigenvalue weighted by Gasteiger charge is -2.09. The van der Waals surface area contributed by atoms with E-state index < -0.39 is 32.5 Å². The minimum absolute atomic E-state index is 0.232. The van der Waals surface area contributed by atoms with Crippen molar-refractivity contribution < 1.29 is 26.7 Å². The summed E-state index contributed by atoms with van der Waals surface area (Å²) in [6.07, 6.45) is 1.45. The fourth-order valence-corrected chi connectivity index (χ4v) is 3.52. The number of aryl methyl sites for hydroxylation is 1. The van der Waals surface area contributed by atoms with E-state index in [0.29, 0.717) is 23.6 Å². The molecule has 0 spiro atoms. The Balaban J connectivity index is 1.89. The van der Waals surface area contributed by atoms with Gasteiger partial charge in [-0.15, -0.1) is 0 Å². The number of methoxy groups -OCH3 is 1. The summed E-state index contributed by atoms with van der Waals surface area (Å²) in [5.41, 5.74) is 1.23. The van der Waals surface area contributed by atoms with Gasteiger partial charge in [0.05, 0.1) is 7.11 Å². The fourth-order valence-electron chi connectivity index (χ4n) is 2.47. The maximum absolute atomic E-state index is 13.7. The van der Waals surface area contributed by atoms with Gasteiger partial charge in [0.15, 0.2) is 5.69 Å². The van der Waals surface area contributed by atoms with E-state index in [9.17, 15) is 22.0 Å². The molecule has 146 valence electrons. The van der Waals surface area contributed by atoms with E-state index >= 15 is 0 Å². The summed E-state index contributed by atoms with van der Waals surface area (Å²) in [5.74, 6) is -2.73. The van der Waals surface area contributed by atoms with Crippen molar-refractivity contribution in [2.75, 3.05) is 7.11 Å². The molecule has 0 fully saturated rings. The standard InChI is InChI=1S/C18H15F2N3O4S/c1-11-3-6-16(27-2)15(9-11)23-8-7-14(21-23)18(24)22-28(25,26)17-10-12(19)4-5-13(17)20/h3-10H,1-2H3,(H,22,24). The van der Waals surface area contributed by atoms with E-state index in [0.717, 1.165) is 11.6 Å². The minimum Gasteiger partial charge on any atom is -0.494 e. The molecule has 0 radical (unpaired) electrons. The van der Waals surface area contributed by atoms with Crippen LogP contribution in [0.15, 0.2) is 53.6 Å². The molecule has 28 heavy (non-hydrogen) atoms. The summed E-state index contributed by atoms with van der Waals surface area (Å²) >= 11 is 0. The Bertz CT molecular complexity index is 1160. The van der Waals surface area contributed by atoms with Crippen LogP contribution in [-0.2, 0) is 10.0 Å². The predicted molar refractivity (Wildman–Crippen MR) is 95.9 cm³/mol. The van der Waals surface area contributed by atoms with Gasteiger partial charge in [-0.1, -0.05) is 6.07 Å². The van der Waals surface area contributed by atoms with Crippen molar-refractivity contribution >= 4 is 15.9 Å². The number of nitrogens with zero attached hydrogens (tertiary/aromatic N) is 2. The SMILES string of the molecule is COc1ccc(C)cc1-n1ccc(C(=O)NS(=O)(=O)c2cc(F)ccc2F)n1. The number of nitrogens with one attached hydrogen (secondary N) is 1. The van der Waals surface area contributed by atoms with Gasteiger partial charge >= 0.3 is 0 Å². The molecule has 0 atom stereocenters. The van der Waals surface area contributed by atoms with Gasteiger partial charge in [-0.2, -0.15) is 5.10 Å². The van der Waals surface area contributed by atoms with Crippen LogP contribution >= 0.6 is 0 Å². The molecule has 2 aromatic carbocycles. The number of benzene rings is 2. The molecule has 0 saturated carbocycles. The third-order valence-corrected chi connectivity index (χ3v) is 5.16. The van der Waals surface area contributed by atoms with Gasteiger partial charge in [-0.05, 0) is 48.9 Å². The molecular formula is C18H15F2N3O4S. The van der Waals surface area contributed by atoms with Gasteiger partial charge in [0.2, 0.25) is 0 Å². The zero-order chi connectivity index (χ0) is 20.5. The first-order valence-electron chi connectivity index (χ1n) is 7.94. The number of sulfonamides is 1. The molecule has 0 bridgehead atoms. The summed E-state index contributed by atoms with van der Waals surface area (Å²) in [5, 5.41) is 4.04. The summed E-state index contributed by atoms with van der Waals surface area (Å²) in [6.45, 7) is 1.86. The van der Waals surface area contributed by atoms with Crippen LogP contribution in [0.5, 0.6) is 5.75 Å². The van der Waals surface area contributed by atoms with Gasteiger partial charge in [0.25, 0.3) is 15.9 Å². The molecule has 1 heterocycles. The van der Waals surface area contributed by atoms with E-state index in [1.807, 2.05) is 13.0 Å². The number of amides is 1. The number of carbonyl (C=O) groups is 1. The molecule has 0 aliphatic carbocycles. The summed E-state index contributed by atoms with van der Waals surface area (Å²) in [4.78, 5) is 11.3. The Hall–Kier alpha value is -3.27. The Labute approximate surface area is 159 Å². The van der Waals surface area contributed by atoms with Crippen molar-refractivity contribution in [1.29, 1.82) is 0 Å². The van der Waals surface area contributed by atoms with Crippen LogP contribution in [0.2, 0.25) is 0 Å². The Kier molecular flexibility index (Phi) is 5.14. The average molecular weight is 407 g/mol. The molecule has 0 aliphatic heterocycles. The second kappa shape index (κ2) is 7.39. The van der Waals surface area contributed by atoms with Crippen molar-refractivity contribution in [3.8, 4) is 11.4 Å². The zero-order valence-corrected chi connectivity index (χ0v) is 15.6. The number of halogens is 2. The van der Waals surface area contributed by atoms with Crippen molar-refractivity contribution in [2.24, 2.45) is 0 Å². The molecule has 0 unspecified atom stereocenters. The molecule has 3 aromatic rings. The van der Waals surface area contributed by atoms with Crippen LogP contribution in [0.1, 0.15) is 16.1 Å². The number of hydrogen-bond donors (Lipinski definition) is 1. The first-order valence-corrected chi connectivity index (χ1v) is 9.42. The molecule has 3 rings (SSSR count). The van der Waals surface area contributed by atoms with Gasteiger partial charge in [-0.3, -0.25) is 4.79 Å². The van der Waals surface area contributed by atoms with Crippen molar-refractivity contribution in [2.45, 2.75) is 11.8 Å². The van der Waals surface area contributed by atoms with E-state index in [1.54, 1.807) is 16.9 Å². The van der Waals surface area contributed by atoms with E-state index in [-0.39, 0.29) is 5.69 Å². The molecule has 0 saturated heterocycles. The molecule has 10 heteroatoms. The van der Waals surface area contributed by atoms with Crippen molar-refractivity contribution in [3.05, 3.63) is 71.6 Å². The quantitative estimate of drug-likeness (QED) is 0.702. The number of aromatic nitrogens is 2. The molecule has 1 aromatic heterocycles. The smallest absolute Gasteiger partial charge is 0.285 e. The van der Waals surface area contributed by atoms with Crippen LogP contribution < -0.4 is 9.46 Å². The third-order valence-electron chi connectivity index (χ3n) is 3.81. The highest BCUT2D eigenvalue weighted by Crippen LogP contribution is 2.23. The lowest BCUT2D eigenvalue weighted by molar-refractivity contribution is 0.0976. The van der Waals surface area contributed by atoms with Crippen LogP contribution in [0.3, 0.4) is 0 Å². The number of hydrogen-bond acceptors (Lipinski definition) is 5. The highest BCUT2D eigenvalue weighted by Gasteiger charge is 2.24. The van der Waals surface area contributed by atoms with Gasteiger partial charge in [-0.25, -0.2) is 26.6 Å². The maximum atomic E-state index is 13.7. The van der Waals surface area contributed by atoms with E-state index in [1.165, 1.54) is 24.1 Å². The number of rotatable bonds is 5. The normalized spacial score (nSPS) is 11.3. The lowest BCUT2D eigenvalue weighted by Crippen LogP contribution is -2.31. The third kappa shape index (κ3) is 3.86. The minimum atomic E-state index is -4.62. The first kappa shape index (κ1) is 19.5.